The summed E-state index contributed by atoms with van der Waals surface area (Å²) in [5.41, 5.74) is 1.92. The second kappa shape index (κ2) is 9.71. The Hall–Kier alpha value is -3.90. The van der Waals surface area contributed by atoms with Crippen LogP contribution in [0.25, 0.3) is 16.9 Å². The molecule has 0 spiro atoms. The standard InChI is InChI=1S/C24H25N5O4/c1-32-18-7-5-17(6-8-18)28-23(30)16-4-10-22(26-13-16)29-24(31)20(14-27-29)19-9-3-15(12-25)11-21(19)33-2/h3-4,9-11,13-14,17-18,31H,5-8H2,1-2H3,(H,28,30)/t17-,18+. The van der Waals surface area contributed by atoms with Crippen molar-refractivity contribution in [3.8, 4) is 34.6 Å². The molecule has 0 aliphatic heterocycles. The number of amides is 1. The van der Waals surface area contributed by atoms with E-state index in [0.717, 1.165) is 25.7 Å². The summed E-state index contributed by atoms with van der Waals surface area (Å²) in [6, 6.07) is 10.4. The zero-order valence-corrected chi connectivity index (χ0v) is 18.5. The van der Waals surface area contributed by atoms with Crippen molar-refractivity contribution in [2.45, 2.75) is 37.8 Å². The van der Waals surface area contributed by atoms with Gasteiger partial charge in [-0.2, -0.15) is 15.0 Å². The molecule has 1 aromatic carbocycles. The number of hydrogen-bond donors (Lipinski definition) is 2. The fourth-order valence-electron chi connectivity index (χ4n) is 4.04. The molecule has 2 N–H and O–H groups in total. The molecule has 33 heavy (non-hydrogen) atoms. The van der Waals surface area contributed by atoms with E-state index in [-0.39, 0.29) is 23.9 Å². The Morgan fingerprint density at radius 2 is 1.94 bits per heavy atom. The van der Waals surface area contributed by atoms with Gasteiger partial charge in [0.25, 0.3) is 5.91 Å². The number of nitrogens with one attached hydrogen (secondary N) is 1. The molecule has 1 amide bonds. The van der Waals surface area contributed by atoms with Crippen molar-refractivity contribution >= 4 is 5.91 Å². The number of rotatable bonds is 6. The number of pyridine rings is 1. The van der Waals surface area contributed by atoms with Crippen LogP contribution >= 0.6 is 0 Å². The van der Waals surface area contributed by atoms with Crippen LogP contribution in [0.15, 0.2) is 42.7 Å². The fourth-order valence-corrected chi connectivity index (χ4v) is 4.04. The van der Waals surface area contributed by atoms with Crippen LogP contribution < -0.4 is 10.1 Å². The van der Waals surface area contributed by atoms with E-state index in [1.807, 2.05) is 0 Å². The van der Waals surface area contributed by atoms with Crippen molar-refractivity contribution in [3.05, 3.63) is 53.9 Å². The zero-order chi connectivity index (χ0) is 23.4. The van der Waals surface area contributed by atoms with Crippen molar-refractivity contribution in [3.63, 3.8) is 0 Å². The van der Waals surface area contributed by atoms with Crippen LogP contribution in [0.4, 0.5) is 0 Å². The number of nitrogens with zero attached hydrogens (tertiary/aromatic N) is 4. The third-order valence-electron chi connectivity index (χ3n) is 5.93. The lowest BCUT2D eigenvalue weighted by atomic mass is 9.93. The van der Waals surface area contributed by atoms with Gasteiger partial charge in [0, 0.05) is 24.9 Å². The number of ether oxygens (including phenoxy) is 2. The lowest BCUT2D eigenvalue weighted by Crippen LogP contribution is -2.38. The van der Waals surface area contributed by atoms with Gasteiger partial charge in [-0.25, -0.2) is 4.98 Å². The normalized spacial score (nSPS) is 17.8. The first-order chi connectivity index (χ1) is 16.0. The number of benzene rings is 1. The monoisotopic (exact) mass is 447 g/mol. The van der Waals surface area contributed by atoms with Gasteiger partial charge in [0.2, 0.25) is 5.88 Å². The third kappa shape index (κ3) is 4.66. The summed E-state index contributed by atoms with van der Waals surface area (Å²) in [4.78, 5) is 16.9. The van der Waals surface area contributed by atoms with E-state index in [2.05, 4.69) is 21.5 Å². The largest absolute Gasteiger partial charge is 0.496 e. The third-order valence-corrected chi connectivity index (χ3v) is 5.93. The first-order valence-electron chi connectivity index (χ1n) is 10.7. The van der Waals surface area contributed by atoms with Crippen molar-refractivity contribution < 1.29 is 19.4 Å². The van der Waals surface area contributed by atoms with Crippen LogP contribution in [0.3, 0.4) is 0 Å². The minimum Gasteiger partial charge on any atom is -0.496 e. The van der Waals surface area contributed by atoms with Crippen LogP contribution in [-0.4, -0.2) is 52.1 Å². The van der Waals surface area contributed by atoms with E-state index >= 15 is 0 Å². The molecule has 9 nitrogen and oxygen atoms in total. The molecule has 0 radical (unpaired) electrons. The van der Waals surface area contributed by atoms with Crippen LogP contribution in [0.2, 0.25) is 0 Å². The molecule has 170 valence electrons. The van der Waals surface area contributed by atoms with Crippen LogP contribution in [-0.2, 0) is 4.74 Å². The predicted molar refractivity (Wildman–Crippen MR) is 120 cm³/mol. The van der Waals surface area contributed by atoms with E-state index < -0.39 is 0 Å². The SMILES string of the molecule is COc1cc(C#N)ccc1-c1cnn(-c2ccc(C(=O)N[C@H]3CC[C@@H](OC)CC3)cn2)c1O. The van der Waals surface area contributed by atoms with E-state index in [9.17, 15) is 9.90 Å². The number of aromatic hydroxyl groups is 1. The number of aromatic nitrogens is 3. The molecule has 3 aromatic rings. The van der Waals surface area contributed by atoms with Gasteiger partial charge >= 0.3 is 0 Å². The molecular weight excluding hydrogens is 422 g/mol. The molecule has 2 heterocycles. The summed E-state index contributed by atoms with van der Waals surface area (Å²) < 4.78 is 12.0. The minimum absolute atomic E-state index is 0.127. The summed E-state index contributed by atoms with van der Waals surface area (Å²) >= 11 is 0. The minimum atomic E-state index is -0.178. The lowest BCUT2D eigenvalue weighted by molar-refractivity contribution is 0.0599. The number of hydrogen-bond acceptors (Lipinski definition) is 7. The highest BCUT2D eigenvalue weighted by molar-refractivity contribution is 5.94. The maximum atomic E-state index is 12.6. The Labute approximate surface area is 191 Å². The summed E-state index contributed by atoms with van der Waals surface area (Å²) in [6.45, 7) is 0. The summed E-state index contributed by atoms with van der Waals surface area (Å²) in [5, 5.41) is 27.1. The van der Waals surface area contributed by atoms with Gasteiger partial charge in [0.1, 0.15) is 5.75 Å². The van der Waals surface area contributed by atoms with Gasteiger partial charge in [-0.1, -0.05) is 0 Å². The van der Waals surface area contributed by atoms with Crippen LogP contribution in [0.5, 0.6) is 11.6 Å². The molecule has 1 aliphatic carbocycles. The predicted octanol–water partition coefficient (Wildman–Crippen LogP) is 3.21. The molecule has 2 aromatic heterocycles. The van der Waals surface area contributed by atoms with Gasteiger partial charge in [0.15, 0.2) is 5.82 Å². The lowest BCUT2D eigenvalue weighted by Gasteiger charge is -2.28. The van der Waals surface area contributed by atoms with Crippen molar-refractivity contribution in [1.82, 2.24) is 20.1 Å². The number of nitriles is 1. The Bertz CT molecular complexity index is 1170. The maximum Gasteiger partial charge on any atom is 0.253 e. The number of methoxy groups -OCH3 is 2. The second-order valence-electron chi connectivity index (χ2n) is 7.91. The van der Waals surface area contributed by atoms with Crippen molar-refractivity contribution in [2.75, 3.05) is 14.2 Å². The smallest absolute Gasteiger partial charge is 0.253 e. The van der Waals surface area contributed by atoms with Gasteiger partial charge < -0.3 is 19.9 Å². The molecule has 0 unspecified atom stereocenters. The highest BCUT2D eigenvalue weighted by Crippen LogP contribution is 2.37. The van der Waals surface area contributed by atoms with E-state index in [0.29, 0.717) is 33.8 Å². The number of carbonyl (C=O) groups is 1. The van der Waals surface area contributed by atoms with Gasteiger partial charge in [-0.3, -0.25) is 4.79 Å². The van der Waals surface area contributed by atoms with Crippen LogP contribution in [0.1, 0.15) is 41.6 Å². The average molecular weight is 447 g/mol. The Kier molecular flexibility index (Phi) is 6.56. The molecule has 0 bridgehead atoms. The first kappa shape index (κ1) is 22.3. The molecule has 4 rings (SSSR count). The maximum absolute atomic E-state index is 12.6. The summed E-state index contributed by atoms with van der Waals surface area (Å²) in [5.74, 6) is 0.507. The van der Waals surface area contributed by atoms with Crippen molar-refractivity contribution in [2.24, 2.45) is 0 Å². The molecule has 0 saturated heterocycles. The Morgan fingerprint density at radius 3 is 2.58 bits per heavy atom. The molecule has 1 fully saturated rings. The number of carbonyl (C=O) groups excluding carboxylic acids is 1. The topological polar surface area (TPSA) is 122 Å². The molecule has 1 aliphatic rings. The highest BCUT2D eigenvalue weighted by atomic mass is 16.5. The summed E-state index contributed by atoms with van der Waals surface area (Å²) in [6.07, 6.45) is 6.88. The van der Waals surface area contributed by atoms with E-state index in [1.54, 1.807) is 37.4 Å². The molecule has 9 heteroatoms. The van der Waals surface area contributed by atoms with Crippen molar-refractivity contribution in [1.29, 1.82) is 5.26 Å². The Balaban J connectivity index is 1.49. The molecule has 0 atom stereocenters. The molecular formula is C24H25N5O4. The highest BCUT2D eigenvalue weighted by Gasteiger charge is 2.23. The van der Waals surface area contributed by atoms with E-state index in [4.69, 9.17) is 14.7 Å². The Morgan fingerprint density at radius 1 is 1.15 bits per heavy atom. The average Bonchev–Trinajstić information content (AvgIpc) is 3.25. The quantitative estimate of drug-likeness (QED) is 0.595. The summed E-state index contributed by atoms with van der Waals surface area (Å²) in [7, 11) is 3.22. The van der Waals surface area contributed by atoms with Gasteiger partial charge in [-0.05, 0) is 56.0 Å². The second-order valence-corrected chi connectivity index (χ2v) is 7.91. The van der Waals surface area contributed by atoms with Gasteiger partial charge in [-0.15, -0.1) is 0 Å². The molecule has 1 saturated carbocycles. The van der Waals surface area contributed by atoms with E-state index in [1.165, 1.54) is 24.2 Å². The van der Waals surface area contributed by atoms with Crippen LogP contribution in [0, 0.1) is 11.3 Å². The first-order valence-corrected chi connectivity index (χ1v) is 10.7. The van der Waals surface area contributed by atoms with Gasteiger partial charge in [0.05, 0.1) is 42.2 Å². The fraction of sp³-hybridized carbons (Fsp3) is 0.333. The zero-order valence-electron chi connectivity index (χ0n) is 18.5.